The average Bonchev–Trinajstić information content (AvgIpc) is 2.40. The Kier molecular flexibility index (Phi) is 12.5. The van der Waals surface area contributed by atoms with Crippen LogP contribution in [0.3, 0.4) is 0 Å². The van der Waals surface area contributed by atoms with Crippen molar-refractivity contribution in [3.63, 3.8) is 0 Å². The molecule has 0 spiro atoms. The number of aryl methyl sites for hydroxylation is 1. The molecule has 0 fully saturated rings. The first-order valence-electron chi connectivity index (χ1n) is 6.34. The smallest absolute Gasteiger partial charge is 0.474 e. The van der Waals surface area contributed by atoms with Crippen molar-refractivity contribution >= 4 is 11.6 Å². The largest absolute Gasteiger partial charge is 0.522 e. The van der Waals surface area contributed by atoms with Gasteiger partial charge in [-0.15, -0.1) is 13.2 Å². The lowest BCUT2D eigenvalue weighted by molar-refractivity contribution is -0.325. The zero-order chi connectivity index (χ0) is 16.2. The van der Waals surface area contributed by atoms with E-state index in [-0.39, 0.29) is 17.5 Å². The molecule has 0 N–H and O–H groups in total. The number of rotatable bonds is 4. The van der Waals surface area contributed by atoms with Crippen molar-refractivity contribution in [1.82, 2.24) is 4.98 Å². The monoisotopic (exact) mass is 315 g/mol. The third-order valence-electron chi connectivity index (χ3n) is 1.53. The maximum absolute atomic E-state index is 11.6. The highest BCUT2D eigenvalue weighted by atomic mass is 35.5. The maximum atomic E-state index is 11.6. The number of nitrogens with zero attached hydrogens (tertiary/aromatic N) is 1. The van der Waals surface area contributed by atoms with E-state index < -0.39 is 13.0 Å². The second-order valence-corrected chi connectivity index (χ2v) is 3.35. The molecule has 0 aromatic carbocycles. The van der Waals surface area contributed by atoms with Crippen LogP contribution in [0.4, 0.5) is 13.2 Å². The van der Waals surface area contributed by atoms with Crippen molar-refractivity contribution in [3.05, 3.63) is 22.8 Å². The van der Waals surface area contributed by atoms with E-state index in [1.54, 1.807) is 13.0 Å². The number of hydrogen-bond donors (Lipinski definition) is 0. The van der Waals surface area contributed by atoms with Crippen molar-refractivity contribution in [3.8, 4) is 5.88 Å². The number of halogens is 4. The highest BCUT2D eigenvalue weighted by Gasteiger charge is 2.28. The number of hydrogen-bond acceptors (Lipinski definition) is 3. The quantitative estimate of drug-likeness (QED) is 0.732. The molecule has 0 saturated carbocycles. The van der Waals surface area contributed by atoms with Crippen LogP contribution in [0.1, 0.15) is 33.3 Å². The molecular formula is C13H21ClF3NO2. The minimum Gasteiger partial charge on any atom is -0.474 e. The number of pyridine rings is 1. The van der Waals surface area contributed by atoms with Crippen molar-refractivity contribution < 1.29 is 22.6 Å². The lowest BCUT2D eigenvalue weighted by Gasteiger charge is -2.09. The highest BCUT2D eigenvalue weighted by Crippen LogP contribution is 2.22. The molecule has 1 aromatic rings. The topological polar surface area (TPSA) is 31.4 Å². The summed E-state index contributed by atoms with van der Waals surface area (Å²) in [6.07, 6.45) is -3.14. The number of alkyl halides is 3. The van der Waals surface area contributed by atoms with Crippen LogP contribution in [0.2, 0.25) is 5.02 Å². The molecule has 0 aliphatic heterocycles. The van der Waals surface area contributed by atoms with Gasteiger partial charge in [0.15, 0.2) is 0 Å². The van der Waals surface area contributed by atoms with Gasteiger partial charge in [0.05, 0.1) is 6.61 Å². The molecule has 0 atom stereocenters. The van der Waals surface area contributed by atoms with E-state index in [0.717, 1.165) is 5.56 Å². The average molecular weight is 316 g/mol. The Balaban J connectivity index is 0. The summed E-state index contributed by atoms with van der Waals surface area (Å²) >= 11 is 5.75. The first kappa shape index (κ1) is 21.3. The Morgan fingerprint density at radius 2 is 1.70 bits per heavy atom. The third kappa shape index (κ3) is 10.9. The van der Waals surface area contributed by atoms with Crippen LogP contribution in [0.25, 0.3) is 0 Å². The lowest BCUT2D eigenvalue weighted by atomic mass is 10.3. The molecular weight excluding hydrogens is 295 g/mol. The Bertz CT molecular complexity index is 360. The zero-order valence-electron chi connectivity index (χ0n) is 12.3. The fourth-order valence-electron chi connectivity index (χ4n) is 0.923. The summed E-state index contributed by atoms with van der Waals surface area (Å²) in [5.41, 5.74) is 0.837. The van der Waals surface area contributed by atoms with Crippen LogP contribution in [0, 0.1) is 6.92 Å². The van der Waals surface area contributed by atoms with Crippen molar-refractivity contribution in [2.24, 2.45) is 0 Å². The molecule has 0 saturated heterocycles. The Morgan fingerprint density at radius 3 is 2.15 bits per heavy atom. The second-order valence-electron chi connectivity index (χ2n) is 2.94. The highest BCUT2D eigenvalue weighted by molar-refractivity contribution is 6.31. The summed E-state index contributed by atoms with van der Waals surface area (Å²) in [7, 11) is 0. The van der Waals surface area contributed by atoms with Gasteiger partial charge in [-0.3, -0.25) is 4.74 Å². The summed E-state index contributed by atoms with van der Waals surface area (Å²) in [4.78, 5) is 3.82. The Morgan fingerprint density at radius 1 is 1.15 bits per heavy atom. The van der Waals surface area contributed by atoms with Gasteiger partial charge in [0.25, 0.3) is 0 Å². The van der Waals surface area contributed by atoms with E-state index >= 15 is 0 Å². The molecule has 1 rings (SSSR count). The molecule has 1 aromatic heterocycles. The van der Waals surface area contributed by atoms with Crippen LogP contribution in [-0.4, -0.2) is 24.6 Å². The molecule has 0 aliphatic carbocycles. The normalized spacial score (nSPS) is 9.85. The molecule has 7 heteroatoms. The van der Waals surface area contributed by atoms with E-state index in [2.05, 4.69) is 9.72 Å². The van der Waals surface area contributed by atoms with E-state index in [9.17, 15) is 13.2 Å². The van der Waals surface area contributed by atoms with Crippen LogP contribution >= 0.6 is 11.6 Å². The molecule has 118 valence electrons. The number of aromatic nitrogens is 1. The Labute approximate surface area is 123 Å². The van der Waals surface area contributed by atoms with Gasteiger partial charge in [-0.05, 0) is 18.6 Å². The van der Waals surface area contributed by atoms with Gasteiger partial charge in [-0.25, -0.2) is 4.98 Å². The van der Waals surface area contributed by atoms with Crippen LogP contribution in [0.15, 0.2) is 12.3 Å². The summed E-state index contributed by atoms with van der Waals surface area (Å²) in [6, 6.07) is 1.61. The molecule has 0 aliphatic rings. The molecule has 3 nitrogen and oxygen atoms in total. The van der Waals surface area contributed by atoms with Gasteiger partial charge in [0.2, 0.25) is 5.88 Å². The summed E-state index contributed by atoms with van der Waals surface area (Å²) < 4.78 is 43.2. The third-order valence-corrected chi connectivity index (χ3v) is 1.80. The van der Waals surface area contributed by atoms with E-state index in [1.807, 2.05) is 27.7 Å². The SMILES string of the molecule is CC.CC.Cc1cnc(OCCOC(F)(F)F)c(Cl)c1. The van der Waals surface area contributed by atoms with Crippen molar-refractivity contribution in [2.45, 2.75) is 41.0 Å². The number of ether oxygens (including phenoxy) is 2. The fourth-order valence-corrected chi connectivity index (χ4v) is 1.20. The maximum Gasteiger partial charge on any atom is 0.522 e. The Hall–Kier alpha value is -1.01. The predicted octanol–water partition coefficient (Wildman–Crippen LogP) is 5.01. The van der Waals surface area contributed by atoms with Gasteiger partial charge >= 0.3 is 6.36 Å². The summed E-state index contributed by atoms with van der Waals surface area (Å²) in [5.74, 6) is 0.0954. The second kappa shape index (κ2) is 11.8. The van der Waals surface area contributed by atoms with Crippen LogP contribution < -0.4 is 4.74 Å². The van der Waals surface area contributed by atoms with Crippen molar-refractivity contribution in [2.75, 3.05) is 13.2 Å². The predicted molar refractivity (Wildman–Crippen MR) is 74.2 cm³/mol. The van der Waals surface area contributed by atoms with Gasteiger partial charge in [-0.2, -0.15) is 0 Å². The van der Waals surface area contributed by atoms with Gasteiger partial charge in [0.1, 0.15) is 11.6 Å². The van der Waals surface area contributed by atoms with Gasteiger partial charge in [0, 0.05) is 6.20 Å². The first-order chi connectivity index (χ1) is 9.38. The van der Waals surface area contributed by atoms with Crippen LogP contribution in [0.5, 0.6) is 5.88 Å². The summed E-state index contributed by atoms with van der Waals surface area (Å²) in [6.45, 7) is 8.92. The molecule has 20 heavy (non-hydrogen) atoms. The molecule has 0 amide bonds. The molecule has 0 radical (unpaired) electrons. The zero-order valence-corrected chi connectivity index (χ0v) is 13.1. The first-order valence-corrected chi connectivity index (χ1v) is 6.72. The fraction of sp³-hybridized carbons (Fsp3) is 0.615. The van der Waals surface area contributed by atoms with E-state index in [4.69, 9.17) is 16.3 Å². The van der Waals surface area contributed by atoms with E-state index in [0.29, 0.717) is 0 Å². The van der Waals surface area contributed by atoms with Crippen molar-refractivity contribution in [1.29, 1.82) is 0 Å². The minimum atomic E-state index is -4.64. The van der Waals surface area contributed by atoms with Gasteiger partial charge < -0.3 is 4.74 Å². The lowest BCUT2D eigenvalue weighted by Crippen LogP contribution is -2.18. The molecule has 1 heterocycles. The minimum absolute atomic E-state index is 0.0954. The molecule has 0 unspecified atom stereocenters. The van der Waals surface area contributed by atoms with Crippen LogP contribution in [-0.2, 0) is 4.74 Å². The van der Waals surface area contributed by atoms with Gasteiger partial charge in [-0.1, -0.05) is 39.3 Å². The van der Waals surface area contributed by atoms with E-state index in [1.165, 1.54) is 6.20 Å². The standard InChI is InChI=1S/C9H9ClF3NO2.2C2H6/c1-6-4-7(10)8(14-5-6)15-2-3-16-9(11,12)13;2*1-2/h4-5H,2-3H2,1H3;2*1-2H3. The summed E-state index contributed by atoms with van der Waals surface area (Å²) in [5, 5.41) is 0.256. The molecule has 0 bridgehead atoms.